The lowest BCUT2D eigenvalue weighted by Gasteiger charge is -2.21. The van der Waals surface area contributed by atoms with Crippen molar-refractivity contribution in [3.05, 3.63) is 138 Å². The van der Waals surface area contributed by atoms with Crippen LogP contribution in [0.4, 0.5) is 0 Å². The van der Waals surface area contributed by atoms with Gasteiger partial charge in [0.25, 0.3) is 11.8 Å². The van der Waals surface area contributed by atoms with Crippen molar-refractivity contribution in [1.82, 2.24) is 16.1 Å². The highest BCUT2D eigenvalue weighted by molar-refractivity contribution is 7.90. The van der Waals surface area contributed by atoms with Crippen molar-refractivity contribution in [2.24, 2.45) is 0 Å². The van der Waals surface area contributed by atoms with E-state index < -0.39 is 0 Å². The number of nitriles is 2. The Morgan fingerprint density at radius 3 is 1.62 bits per heavy atom. The monoisotopic (exact) mass is 1270 g/mol. The lowest BCUT2D eigenvalue weighted by Crippen LogP contribution is -2.26. The summed E-state index contributed by atoms with van der Waals surface area (Å²) in [6, 6.07) is 21.1. The summed E-state index contributed by atoms with van der Waals surface area (Å²) in [6.45, 7) is 8.36. The van der Waals surface area contributed by atoms with Crippen LogP contribution in [-0.2, 0) is 34.1 Å². The van der Waals surface area contributed by atoms with Crippen LogP contribution in [0, 0.1) is 22.7 Å². The van der Waals surface area contributed by atoms with Gasteiger partial charge in [0, 0.05) is 113 Å². The smallest absolute Gasteiger partial charge is 0.252 e. The molecule has 0 fully saturated rings. The van der Waals surface area contributed by atoms with Gasteiger partial charge in [-0.25, -0.2) is 5.48 Å². The minimum absolute atomic E-state index is 0.0360. The van der Waals surface area contributed by atoms with Crippen LogP contribution in [-0.4, -0.2) is 64.5 Å². The molecule has 7 aromatic rings. The van der Waals surface area contributed by atoms with Crippen LogP contribution in [0.5, 0.6) is 0 Å². The molecule has 17 heteroatoms. The van der Waals surface area contributed by atoms with Crippen molar-refractivity contribution in [2.45, 2.75) is 156 Å². The van der Waals surface area contributed by atoms with Crippen molar-refractivity contribution >= 4 is 110 Å². The maximum Gasteiger partial charge on any atom is 0.252 e. The predicted molar refractivity (Wildman–Crippen MR) is 368 cm³/mol. The number of rotatable bonds is 39. The molecule has 0 radical (unpaired) electrons. The number of aldehydes is 3. The molecule has 0 spiro atoms. The number of thiophene rings is 3. The van der Waals surface area contributed by atoms with Gasteiger partial charge in [-0.05, 0) is 107 Å². The molecular weight excluding hydrogens is 1190 g/mol. The number of carbonyl (C=O) groups excluding carboxylic acids is 5. The van der Waals surface area contributed by atoms with Gasteiger partial charge in [0.2, 0.25) is 0 Å². The number of hydrogen-bond donors (Lipinski definition) is 4. The largest absolute Gasteiger partial charge is 0.380 e. The Bertz CT molecular complexity index is 3730. The van der Waals surface area contributed by atoms with E-state index >= 15 is 0 Å². The molecule has 89 heavy (non-hydrogen) atoms. The zero-order valence-corrected chi connectivity index (χ0v) is 55.4. The molecule has 13 nitrogen and oxygen atoms in total. The number of hydroxylamine groups is 1. The number of fused-ring (bicyclic) bond motifs is 2. The summed E-state index contributed by atoms with van der Waals surface area (Å²) >= 11 is 9.51. The van der Waals surface area contributed by atoms with Gasteiger partial charge in [0.1, 0.15) is 0 Å². The number of allylic oxidation sites excluding steroid dienone is 2. The number of unbranched alkanes of at least 4 members (excludes halogenated alkanes) is 15. The Kier molecular flexibility index (Phi) is 28.7. The van der Waals surface area contributed by atoms with E-state index in [2.05, 4.69) is 66.5 Å². The van der Waals surface area contributed by atoms with Crippen molar-refractivity contribution in [1.29, 1.82) is 10.5 Å². The number of amides is 2. The minimum atomic E-state index is -0.386. The quantitative estimate of drug-likeness (QED) is 0.00941. The summed E-state index contributed by atoms with van der Waals surface area (Å²) in [5.41, 5.74) is 8.53. The van der Waals surface area contributed by atoms with E-state index in [4.69, 9.17) is 26.9 Å². The van der Waals surface area contributed by atoms with Gasteiger partial charge in [0.05, 0.1) is 54.2 Å². The standard InChI is InChI=1S/C72H83N5O8S4/c1-6-9-12-15-18-21-31-75-71(81)69-55(37-53(44-83-4)65-57(43-80)49(39-73)35-51(41-78)67(65)69)60-27-29-62(88-60)59(86)26-24-25-48-34-64(87-47-48)63-30-28-61(89-63)56-38-54(45-84-5)66-58(46-85-77-33-23-20-17-14-11-8-3)50(40-74)36-52(42-79)68(66)70(56)72(82)76-32-22-19-16-13-10-7-2/h24-30,34-38,41-43,47,77,86H,6-23,31-33,44-46H2,1-5H3,(H,75,81)(H,76,82)/b25-24+,59-26-. The summed E-state index contributed by atoms with van der Waals surface area (Å²) in [7, 11) is 3.13. The van der Waals surface area contributed by atoms with Crippen LogP contribution >= 0.6 is 46.6 Å². The van der Waals surface area contributed by atoms with Crippen molar-refractivity contribution in [3.8, 4) is 42.8 Å². The molecule has 0 aliphatic rings. The first kappa shape index (κ1) is 69.6. The van der Waals surface area contributed by atoms with Crippen LogP contribution in [0.2, 0.25) is 0 Å². The average Bonchev–Trinajstić information content (AvgIpc) is 1.34. The number of methoxy groups -OCH3 is 2. The molecule has 2 amide bonds. The Labute approximate surface area is 542 Å². The van der Waals surface area contributed by atoms with Crippen LogP contribution in [0.15, 0.2) is 72.1 Å². The van der Waals surface area contributed by atoms with E-state index in [1.165, 1.54) is 56.6 Å². The van der Waals surface area contributed by atoms with Gasteiger partial charge in [-0.15, -0.1) is 46.6 Å². The molecule has 0 saturated carbocycles. The molecule has 468 valence electrons. The fourth-order valence-corrected chi connectivity index (χ4v) is 14.6. The second-order valence-corrected chi connectivity index (χ2v) is 25.8. The molecule has 4 aromatic carbocycles. The number of nitrogens with zero attached hydrogens (tertiary/aromatic N) is 2. The highest BCUT2D eigenvalue weighted by Crippen LogP contribution is 2.45. The first-order valence-electron chi connectivity index (χ1n) is 31.3. The highest BCUT2D eigenvalue weighted by atomic mass is 32.1. The predicted octanol–water partition coefficient (Wildman–Crippen LogP) is 18.2. The number of hydrogen-bond acceptors (Lipinski definition) is 15. The minimum Gasteiger partial charge on any atom is -0.380 e. The van der Waals surface area contributed by atoms with Gasteiger partial charge in [-0.3, -0.25) is 28.8 Å². The topological polar surface area (TPSA) is 197 Å². The summed E-state index contributed by atoms with van der Waals surface area (Å²) in [4.78, 5) is 79.1. The number of nitrogens with one attached hydrogen (secondary N) is 3. The molecule has 0 bridgehead atoms. The fourth-order valence-electron chi connectivity index (χ4n) is 11.3. The third kappa shape index (κ3) is 18.2. The second kappa shape index (κ2) is 36.7. The third-order valence-corrected chi connectivity index (χ3v) is 19.8. The first-order chi connectivity index (χ1) is 43.5. The van der Waals surface area contributed by atoms with Gasteiger partial charge < -0.3 is 20.1 Å². The SMILES string of the molecule is CCCCCCCCNOCc1c(C#N)cc(C=O)c2c(C(=O)NCCCCCCCC)c(-c3ccc(-c4cc(/C=C/C=C(\S)c5ccc(-c6cc(COC)c7c(C=O)c(C#N)cc(C=O)c7c6C(=O)NCCCCCCCC)s5)cs4)s3)cc(COC)c12. The number of ether oxygens (including phenoxy) is 2. The summed E-state index contributed by atoms with van der Waals surface area (Å²) in [6.07, 6.45) is 27.2. The van der Waals surface area contributed by atoms with Crippen LogP contribution in [0.3, 0.4) is 0 Å². The van der Waals surface area contributed by atoms with Gasteiger partial charge >= 0.3 is 0 Å². The van der Waals surface area contributed by atoms with Crippen molar-refractivity contribution < 1.29 is 38.3 Å². The molecule has 0 unspecified atom stereocenters. The summed E-state index contributed by atoms with van der Waals surface area (Å²) < 4.78 is 11.4. The zero-order valence-electron chi connectivity index (χ0n) is 52.0. The molecule has 0 aliphatic heterocycles. The maximum absolute atomic E-state index is 14.8. The van der Waals surface area contributed by atoms with E-state index in [1.54, 1.807) is 35.8 Å². The Hall–Kier alpha value is -6.90. The number of carbonyl (C=O) groups is 5. The summed E-state index contributed by atoms with van der Waals surface area (Å²) in [5, 5.41) is 30.6. The Balaban J connectivity index is 1.19. The zero-order chi connectivity index (χ0) is 63.5. The molecule has 7 rings (SSSR count). The fraction of sp³-hybridized carbons (Fsp3) is 0.403. The number of thiol groups is 1. The molecule has 3 N–H and O–H groups in total. The van der Waals surface area contributed by atoms with Gasteiger partial charge in [-0.1, -0.05) is 129 Å². The normalized spacial score (nSPS) is 11.6. The third-order valence-electron chi connectivity index (χ3n) is 15.8. The van der Waals surface area contributed by atoms with Crippen LogP contribution in [0.25, 0.3) is 63.2 Å². The highest BCUT2D eigenvalue weighted by Gasteiger charge is 2.29. The second-order valence-electron chi connectivity index (χ2n) is 22.3. The van der Waals surface area contributed by atoms with Crippen molar-refractivity contribution in [2.75, 3.05) is 33.9 Å². The number of benzene rings is 4. The lowest BCUT2D eigenvalue weighted by molar-refractivity contribution is 0.0277. The van der Waals surface area contributed by atoms with E-state index in [-0.39, 0.29) is 59.5 Å². The summed E-state index contributed by atoms with van der Waals surface area (Å²) in [5.74, 6) is -0.685. The van der Waals surface area contributed by atoms with Crippen molar-refractivity contribution in [3.63, 3.8) is 0 Å². The maximum atomic E-state index is 14.8. The molecule has 0 atom stereocenters. The lowest BCUT2D eigenvalue weighted by atomic mass is 9.86. The molecular formula is C72H83N5O8S4. The van der Waals surface area contributed by atoms with E-state index in [0.717, 1.165) is 125 Å². The van der Waals surface area contributed by atoms with E-state index in [1.807, 2.05) is 48.6 Å². The molecule has 3 aromatic heterocycles. The molecule has 0 saturated heterocycles. The van der Waals surface area contributed by atoms with E-state index in [0.29, 0.717) is 92.0 Å². The van der Waals surface area contributed by atoms with Crippen LogP contribution < -0.4 is 16.1 Å². The first-order valence-corrected chi connectivity index (χ1v) is 34.2. The molecule has 0 aliphatic carbocycles. The van der Waals surface area contributed by atoms with Gasteiger partial charge in [0.15, 0.2) is 18.9 Å². The van der Waals surface area contributed by atoms with E-state index in [9.17, 15) is 34.5 Å². The Morgan fingerprint density at radius 2 is 1.07 bits per heavy atom. The Morgan fingerprint density at radius 1 is 0.562 bits per heavy atom. The van der Waals surface area contributed by atoms with Crippen LogP contribution in [0.1, 0.15) is 226 Å². The van der Waals surface area contributed by atoms with Gasteiger partial charge in [-0.2, -0.15) is 10.5 Å². The molecule has 3 heterocycles. The average molecular weight is 1270 g/mol.